The van der Waals surface area contributed by atoms with Crippen LogP contribution in [-0.2, 0) is 4.79 Å². The largest absolute Gasteiger partial charge is 0.481 e. The number of halogens is 1. The van der Waals surface area contributed by atoms with E-state index in [-0.39, 0.29) is 5.91 Å². The molecule has 0 radical (unpaired) electrons. The lowest BCUT2D eigenvalue weighted by Gasteiger charge is -2.15. The molecule has 0 saturated heterocycles. The van der Waals surface area contributed by atoms with Crippen LogP contribution in [0.5, 0.6) is 5.75 Å². The van der Waals surface area contributed by atoms with E-state index in [0.717, 1.165) is 9.86 Å². The molecule has 0 fully saturated rings. The Labute approximate surface area is 146 Å². The van der Waals surface area contributed by atoms with Crippen LogP contribution in [-0.4, -0.2) is 12.0 Å². The smallest absolute Gasteiger partial charge is 0.336 e. The van der Waals surface area contributed by atoms with E-state index in [4.69, 9.17) is 9.15 Å². The first-order valence-corrected chi connectivity index (χ1v) is 8.07. The maximum Gasteiger partial charge on any atom is 0.336 e. The molecule has 6 heteroatoms. The van der Waals surface area contributed by atoms with E-state index in [1.807, 2.05) is 12.1 Å². The van der Waals surface area contributed by atoms with Crippen molar-refractivity contribution in [2.24, 2.45) is 0 Å². The Morgan fingerprint density at radius 1 is 1.17 bits per heavy atom. The number of nitrogens with one attached hydrogen (secondary N) is 1. The summed E-state index contributed by atoms with van der Waals surface area (Å²) in [7, 11) is 0. The number of hydrogen-bond donors (Lipinski definition) is 1. The molecule has 122 valence electrons. The van der Waals surface area contributed by atoms with Gasteiger partial charge in [-0.1, -0.05) is 22.0 Å². The minimum atomic E-state index is -0.711. The number of anilines is 1. The summed E-state index contributed by atoms with van der Waals surface area (Å²) < 4.78 is 11.6. The van der Waals surface area contributed by atoms with Crippen LogP contribution in [0.3, 0.4) is 0 Å². The first-order chi connectivity index (χ1) is 11.5. The zero-order valence-corrected chi connectivity index (χ0v) is 14.4. The lowest BCUT2D eigenvalue weighted by Crippen LogP contribution is -2.30. The normalized spacial score (nSPS) is 11.9. The Morgan fingerprint density at radius 2 is 1.96 bits per heavy atom. The minimum absolute atomic E-state index is 0.275. The maximum absolute atomic E-state index is 12.2. The van der Waals surface area contributed by atoms with Crippen molar-refractivity contribution in [1.82, 2.24) is 0 Å². The highest BCUT2D eigenvalue weighted by atomic mass is 79.9. The third kappa shape index (κ3) is 3.83. The van der Waals surface area contributed by atoms with E-state index in [2.05, 4.69) is 21.2 Å². The topological polar surface area (TPSA) is 68.5 Å². The number of amides is 1. The number of fused-ring (bicyclic) bond motifs is 1. The number of rotatable bonds is 4. The molecule has 0 aliphatic rings. The molecule has 0 bridgehead atoms. The Balaban J connectivity index is 1.72. The second-order valence-corrected chi connectivity index (χ2v) is 6.13. The number of carbonyl (C=O) groups is 1. The molecule has 0 aliphatic carbocycles. The predicted molar refractivity (Wildman–Crippen MR) is 95.3 cm³/mol. The molecular formula is C18H14BrNO4. The van der Waals surface area contributed by atoms with E-state index < -0.39 is 11.7 Å². The van der Waals surface area contributed by atoms with E-state index in [9.17, 15) is 9.59 Å². The van der Waals surface area contributed by atoms with Gasteiger partial charge in [0.05, 0.1) is 0 Å². The summed E-state index contributed by atoms with van der Waals surface area (Å²) in [5.74, 6) is 0.177. The highest BCUT2D eigenvalue weighted by molar-refractivity contribution is 9.10. The molecule has 2 aromatic carbocycles. The summed E-state index contributed by atoms with van der Waals surface area (Å²) in [6.45, 7) is 1.65. The summed E-state index contributed by atoms with van der Waals surface area (Å²) in [6, 6.07) is 15.4. The molecule has 1 N–H and O–H groups in total. The molecule has 5 nitrogen and oxygen atoms in total. The van der Waals surface area contributed by atoms with Crippen molar-refractivity contribution in [3.05, 3.63) is 69.5 Å². The van der Waals surface area contributed by atoms with Crippen molar-refractivity contribution in [1.29, 1.82) is 0 Å². The van der Waals surface area contributed by atoms with Gasteiger partial charge in [-0.15, -0.1) is 0 Å². The molecule has 1 heterocycles. The van der Waals surface area contributed by atoms with Gasteiger partial charge in [0.1, 0.15) is 11.3 Å². The van der Waals surface area contributed by atoms with Crippen molar-refractivity contribution < 1.29 is 13.9 Å². The standard InChI is InChI=1S/C18H14BrNO4/c1-11(18(22)20-14-4-2-3-13(19)9-14)23-15-7-5-12-6-8-17(21)24-16(12)10-15/h2-11H,1H3,(H,20,22). The molecule has 0 spiro atoms. The quantitative estimate of drug-likeness (QED) is 0.687. The zero-order valence-electron chi connectivity index (χ0n) is 12.8. The first kappa shape index (κ1) is 16.3. The summed E-state index contributed by atoms with van der Waals surface area (Å²) in [5.41, 5.74) is 0.661. The monoisotopic (exact) mass is 387 g/mol. The van der Waals surface area contributed by atoms with Gasteiger partial charge in [-0.3, -0.25) is 4.79 Å². The van der Waals surface area contributed by atoms with Crippen LogP contribution < -0.4 is 15.7 Å². The molecule has 1 atom stereocenters. The van der Waals surface area contributed by atoms with Crippen LogP contribution in [0.15, 0.2) is 68.3 Å². The van der Waals surface area contributed by atoms with Gasteiger partial charge in [0, 0.05) is 27.7 Å². The van der Waals surface area contributed by atoms with Gasteiger partial charge in [0.15, 0.2) is 6.10 Å². The highest BCUT2D eigenvalue weighted by Crippen LogP contribution is 2.21. The minimum Gasteiger partial charge on any atom is -0.481 e. The fourth-order valence-electron chi connectivity index (χ4n) is 2.18. The van der Waals surface area contributed by atoms with Crippen molar-refractivity contribution >= 4 is 38.5 Å². The second kappa shape index (κ2) is 6.88. The van der Waals surface area contributed by atoms with E-state index in [1.54, 1.807) is 43.3 Å². The lowest BCUT2D eigenvalue weighted by molar-refractivity contribution is -0.122. The number of hydrogen-bond acceptors (Lipinski definition) is 4. The maximum atomic E-state index is 12.2. The Morgan fingerprint density at radius 3 is 2.75 bits per heavy atom. The SMILES string of the molecule is CC(Oc1ccc2ccc(=O)oc2c1)C(=O)Nc1cccc(Br)c1. The molecule has 1 unspecified atom stereocenters. The van der Waals surface area contributed by atoms with Gasteiger partial charge >= 0.3 is 5.63 Å². The van der Waals surface area contributed by atoms with Crippen molar-refractivity contribution in [3.8, 4) is 5.75 Å². The van der Waals surface area contributed by atoms with Gasteiger partial charge in [-0.2, -0.15) is 0 Å². The van der Waals surface area contributed by atoms with Gasteiger partial charge in [-0.25, -0.2) is 4.79 Å². The van der Waals surface area contributed by atoms with Crippen LogP contribution in [0.4, 0.5) is 5.69 Å². The molecule has 1 amide bonds. The molecule has 3 rings (SSSR count). The van der Waals surface area contributed by atoms with Crippen molar-refractivity contribution in [3.63, 3.8) is 0 Å². The number of benzene rings is 2. The summed E-state index contributed by atoms with van der Waals surface area (Å²) in [4.78, 5) is 23.5. The molecule has 0 saturated carbocycles. The summed E-state index contributed by atoms with van der Waals surface area (Å²) in [5, 5.41) is 3.57. The van der Waals surface area contributed by atoms with Gasteiger partial charge in [-0.05, 0) is 43.3 Å². The van der Waals surface area contributed by atoms with Crippen LogP contribution in [0.25, 0.3) is 11.0 Å². The first-order valence-electron chi connectivity index (χ1n) is 7.28. The Hall–Kier alpha value is -2.60. The average Bonchev–Trinajstić information content (AvgIpc) is 2.54. The number of carbonyl (C=O) groups excluding carboxylic acids is 1. The fourth-order valence-corrected chi connectivity index (χ4v) is 2.58. The summed E-state index contributed by atoms with van der Waals surface area (Å²) in [6.07, 6.45) is -0.711. The van der Waals surface area contributed by atoms with E-state index in [0.29, 0.717) is 17.0 Å². The van der Waals surface area contributed by atoms with Gasteiger partial charge < -0.3 is 14.5 Å². The summed E-state index contributed by atoms with van der Waals surface area (Å²) >= 11 is 3.35. The Kier molecular flexibility index (Phi) is 4.66. The average molecular weight is 388 g/mol. The van der Waals surface area contributed by atoms with Crippen molar-refractivity contribution in [2.75, 3.05) is 5.32 Å². The number of ether oxygens (including phenoxy) is 1. The van der Waals surface area contributed by atoms with Crippen LogP contribution >= 0.6 is 15.9 Å². The third-order valence-corrected chi connectivity index (χ3v) is 3.86. The third-order valence-electron chi connectivity index (χ3n) is 3.37. The molecule has 3 aromatic rings. The van der Waals surface area contributed by atoms with Crippen LogP contribution in [0.2, 0.25) is 0 Å². The second-order valence-electron chi connectivity index (χ2n) is 5.21. The molecule has 24 heavy (non-hydrogen) atoms. The van der Waals surface area contributed by atoms with Crippen LogP contribution in [0, 0.1) is 0 Å². The highest BCUT2D eigenvalue weighted by Gasteiger charge is 2.15. The van der Waals surface area contributed by atoms with E-state index in [1.165, 1.54) is 6.07 Å². The van der Waals surface area contributed by atoms with E-state index >= 15 is 0 Å². The molecular weight excluding hydrogens is 374 g/mol. The fraction of sp³-hybridized carbons (Fsp3) is 0.111. The molecule has 0 aliphatic heterocycles. The predicted octanol–water partition coefficient (Wildman–Crippen LogP) is 3.96. The van der Waals surface area contributed by atoms with Gasteiger partial charge in [0.2, 0.25) is 0 Å². The van der Waals surface area contributed by atoms with Gasteiger partial charge in [0.25, 0.3) is 5.91 Å². The van der Waals surface area contributed by atoms with Crippen molar-refractivity contribution in [2.45, 2.75) is 13.0 Å². The Bertz CT molecular complexity index is 951. The zero-order chi connectivity index (χ0) is 17.1. The molecule has 1 aromatic heterocycles. The lowest BCUT2D eigenvalue weighted by atomic mass is 10.2. The van der Waals surface area contributed by atoms with Crippen LogP contribution in [0.1, 0.15) is 6.92 Å².